The minimum atomic E-state index is -0.455. The first-order chi connectivity index (χ1) is 13.9. The van der Waals surface area contributed by atoms with Gasteiger partial charge in [0.15, 0.2) is 0 Å². The van der Waals surface area contributed by atoms with Gasteiger partial charge in [0.2, 0.25) is 0 Å². The van der Waals surface area contributed by atoms with E-state index in [1.165, 1.54) is 0 Å². The first-order valence-corrected chi connectivity index (χ1v) is 9.76. The number of rotatable bonds is 3. The Bertz CT molecular complexity index is 1010. The summed E-state index contributed by atoms with van der Waals surface area (Å²) < 4.78 is 0. The number of carbonyl (C=O) groups is 2. The number of aromatic hydroxyl groups is 1. The molecule has 1 saturated carbocycles. The Morgan fingerprint density at radius 1 is 1.10 bits per heavy atom. The number of allylic oxidation sites excluding steroid dienone is 1. The van der Waals surface area contributed by atoms with Gasteiger partial charge < -0.3 is 10.4 Å². The Morgan fingerprint density at radius 2 is 1.86 bits per heavy atom. The number of anilines is 1. The molecule has 2 N–H and O–H groups in total. The molecule has 29 heavy (non-hydrogen) atoms. The number of carbonyl (C=O) groups excluding carboxylic acids is 2. The lowest BCUT2D eigenvalue weighted by molar-refractivity contribution is -0.123. The highest BCUT2D eigenvalue weighted by Gasteiger charge is 2.44. The molecule has 1 aliphatic carbocycles. The number of ketones is 1. The molecule has 0 bridgehead atoms. The molecule has 3 atom stereocenters. The van der Waals surface area contributed by atoms with Gasteiger partial charge in [-0.2, -0.15) is 0 Å². The Kier molecular flexibility index (Phi) is 5.01. The number of phenols is 1. The van der Waals surface area contributed by atoms with Gasteiger partial charge in [-0.15, -0.1) is 0 Å². The van der Waals surface area contributed by atoms with Crippen molar-refractivity contribution in [3.63, 3.8) is 0 Å². The zero-order valence-electron chi connectivity index (χ0n) is 16.4. The summed E-state index contributed by atoms with van der Waals surface area (Å²) in [5, 5.41) is 12.5. The van der Waals surface area contributed by atoms with Crippen LogP contribution in [0.5, 0.6) is 5.75 Å². The Hall–Kier alpha value is -3.28. The highest BCUT2D eigenvalue weighted by atomic mass is 16.3. The number of hydrogen-bond donors (Lipinski definition) is 2. The third kappa shape index (κ3) is 3.70. The smallest absolute Gasteiger partial charge is 0.255 e. The molecule has 2 aromatic rings. The molecule has 1 aromatic heterocycles. The van der Waals surface area contributed by atoms with E-state index in [1.54, 1.807) is 48.7 Å². The third-order valence-electron chi connectivity index (χ3n) is 5.56. The standard InChI is InChI=1S/C23H23N3O3/c1-13-11-17-22(18(28)12-13)21(15-6-8-16(27)9-7-15)20(14(2)25-17)23(29)26-19-5-3-4-10-24-19/h3-10,13,21-22,27H,11-12H2,1-2H3,(H,24,26,29)/t13-,21-,22?/m1/s1. The van der Waals surface area contributed by atoms with Crippen molar-refractivity contribution in [1.82, 2.24) is 4.98 Å². The van der Waals surface area contributed by atoms with Gasteiger partial charge in [-0.1, -0.05) is 25.1 Å². The summed E-state index contributed by atoms with van der Waals surface area (Å²) in [6.45, 7) is 3.86. The van der Waals surface area contributed by atoms with Crippen LogP contribution in [-0.4, -0.2) is 27.5 Å². The number of Topliss-reactive ketones (excluding diaryl/α,β-unsaturated/α-hetero) is 1. The van der Waals surface area contributed by atoms with Crippen molar-refractivity contribution in [2.75, 3.05) is 5.32 Å². The molecule has 6 nitrogen and oxygen atoms in total. The summed E-state index contributed by atoms with van der Waals surface area (Å²) in [4.78, 5) is 35.1. The number of fused-ring (bicyclic) bond motifs is 1. The molecule has 2 heterocycles. The van der Waals surface area contributed by atoms with Crippen LogP contribution in [0.4, 0.5) is 5.82 Å². The number of aliphatic imine (C=N–C) groups is 1. The molecule has 1 fully saturated rings. The molecule has 1 unspecified atom stereocenters. The van der Waals surface area contributed by atoms with Gasteiger partial charge in [0.1, 0.15) is 17.4 Å². The van der Waals surface area contributed by atoms with Crippen LogP contribution in [0.25, 0.3) is 0 Å². The predicted octanol–water partition coefficient (Wildman–Crippen LogP) is 3.85. The second kappa shape index (κ2) is 7.62. The van der Waals surface area contributed by atoms with E-state index < -0.39 is 11.8 Å². The van der Waals surface area contributed by atoms with E-state index in [0.29, 0.717) is 23.5 Å². The van der Waals surface area contributed by atoms with Crippen molar-refractivity contribution in [3.05, 3.63) is 65.5 Å². The predicted molar refractivity (Wildman–Crippen MR) is 111 cm³/mol. The second-order valence-corrected chi connectivity index (χ2v) is 7.80. The van der Waals surface area contributed by atoms with E-state index in [2.05, 4.69) is 22.2 Å². The SMILES string of the molecule is CC1=C(C(=O)Nc2ccccn2)[C@@H](c2ccc(O)cc2)C2C(=O)C[C@H](C)CC2=N1. The molecule has 1 amide bonds. The summed E-state index contributed by atoms with van der Waals surface area (Å²) in [6, 6.07) is 12.0. The fourth-order valence-corrected chi connectivity index (χ4v) is 4.34. The second-order valence-electron chi connectivity index (χ2n) is 7.80. The monoisotopic (exact) mass is 389 g/mol. The van der Waals surface area contributed by atoms with Crippen LogP contribution >= 0.6 is 0 Å². The summed E-state index contributed by atoms with van der Waals surface area (Å²) in [5.41, 5.74) is 2.75. The first-order valence-electron chi connectivity index (χ1n) is 9.76. The summed E-state index contributed by atoms with van der Waals surface area (Å²) in [7, 11) is 0. The average Bonchev–Trinajstić information content (AvgIpc) is 2.68. The highest BCUT2D eigenvalue weighted by molar-refractivity contribution is 6.14. The van der Waals surface area contributed by atoms with Crippen molar-refractivity contribution < 1.29 is 14.7 Å². The topological polar surface area (TPSA) is 91.6 Å². The number of nitrogens with zero attached hydrogens (tertiary/aromatic N) is 2. The Labute approximate surface area is 169 Å². The number of aromatic nitrogens is 1. The maximum Gasteiger partial charge on any atom is 0.255 e. The molecule has 0 saturated heterocycles. The van der Waals surface area contributed by atoms with Gasteiger partial charge in [0.05, 0.1) is 5.92 Å². The van der Waals surface area contributed by atoms with Crippen LogP contribution in [-0.2, 0) is 9.59 Å². The molecule has 4 rings (SSSR count). The van der Waals surface area contributed by atoms with Crippen molar-refractivity contribution in [2.45, 2.75) is 32.6 Å². The van der Waals surface area contributed by atoms with Crippen molar-refractivity contribution in [3.8, 4) is 5.75 Å². The molecule has 6 heteroatoms. The Morgan fingerprint density at radius 3 is 2.55 bits per heavy atom. The minimum Gasteiger partial charge on any atom is -0.508 e. The van der Waals surface area contributed by atoms with Gasteiger partial charge in [-0.25, -0.2) is 4.98 Å². The molecular weight excluding hydrogens is 366 g/mol. The van der Waals surface area contributed by atoms with Crippen molar-refractivity contribution in [2.24, 2.45) is 16.8 Å². The number of phenolic OH excluding ortho intramolecular Hbond substituents is 1. The van der Waals surface area contributed by atoms with E-state index in [4.69, 9.17) is 0 Å². The van der Waals surface area contributed by atoms with Crippen LogP contribution in [0.15, 0.2) is 64.9 Å². The van der Waals surface area contributed by atoms with Crippen LogP contribution in [0, 0.1) is 11.8 Å². The van der Waals surface area contributed by atoms with E-state index in [1.807, 2.05) is 6.92 Å². The van der Waals surface area contributed by atoms with Gasteiger partial charge in [-0.3, -0.25) is 14.6 Å². The number of benzene rings is 1. The number of hydrogen-bond acceptors (Lipinski definition) is 5. The quantitative estimate of drug-likeness (QED) is 0.834. The van der Waals surface area contributed by atoms with E-state index in [0.717, 1.165) is 17.7 Å². The number of nitrogens with one attached hydrogen (secondary N) is 1. The zero-order chi connectivity index (χ0) is 20.5. The van der Waals surface area contributed by atoms with E-state index in [-0.39, 0.29) is 23.4 Å². The maximum atomic E-state index is 13.2. The normalized spacial score (nSPS) is 24.0. The van der Waals surface area contributed by atoms with Gasteiger partial charge >= 0.3 is 0 Å². The van der Waals surface area contributed by atoms with Crippen LogP contribution in [0.3, 0.4) is 0 Å². The van der Waals surface area contributed by atoms with E-state index in [9.17, 15) is 14.7 Å². The molecule has 2 aliphatic rings. The average molecular weight is 389 g/mol. The first kappa shape index (κ1) is 19.1. The number of pyridine rings is 1. The fraction of sp³-hybridized carbons (Fsp3) is 0.304. The molecule has 0 spiro atoms. The van der Waals surface area contributed by atoms with Crippen molar-refractivity contribution >= 4 is 23.2 Å². The summed E-state index contributed by atoms with van der Waals surface area (Å²) >= 11 is 0. The van der Waals surface area contributed by atoms with Crippen molar-refractivity contribution in [1.29, 1.82) is 0 Å². The fourth-order valence-electron chi connectivity index (χ4n) is 4.34. The lowest BCUT2D eigenvalue weighted by Crippen LogP contribution is -2.41. The molecule has 1 aromatic carbocycles. The summed E-state index contributed by atoms with van der Waals surface area (Å²) in [6.07, 6.45) is 2.83. The van der Waals surface area contributed by atoms with Crippen LogP contribution < -0.4 is 5.32 Å². The largest absolute Gasteiger partial charge is 0.508 e. The van der Waals surface area contributed by atoms with Crippen LogP contribution in [0.1, 0.15) is 38.2 Å². The third-order valence-corrected chi connectivity index (χ3v) is 5.56. The maximum absolute atomic E-state index is 13.2. The number of amides is 1. The lowest BCUT2D eigenvalue weighted by Gasteiger charge is -2.37. The molecular formula is C23H23N3O3. The van der Waals surface area contributed by atoms with E-state index >= 15 is 0 Å². The molecule has 148 valence electrons. The summed E-state index contributed by atoms with van der Waals surface area (Å²) in [5.74, 6) is -0.266. The molecule has 1 aliphatic heterocycles. The minimum absolute atomic E-state index is 0.108. The lowest BCUT2D eigenvalue weighted by atomic mass is 9.67. The van der Waals surface area contributed by atoms with Gasteiger partial charge in [0.25, 0.3) is 5.91 Å². The van der Waals surface area contributed by atoms with Gasteiger partial charge in [0, 0.05) is 35.5 Å². The zero-order valence-corrected chi connectivity index (χ0v) is 16.4. The molecule has 0 radical (unpaired) electrons. The van der Waals surface area contributed by atoms with Gasteiger partial charge in [-0.05, 0) is 49.1 Å². The highest BCUT2D eigenvalue weighted by Crippen LogP contribution is 2.44. The Balaban J connectivity index is 1.80. The van der Waals surface area contributed by atoms with Crippen LogP contribution in [0.2, 0.25) is 0 Å².